The van der Waals surface area contributed by atoms with Crippen molar-refractivity contribution in [3.8, 4) is 11.6 Å². The number of likely N-dealkylation sites (N-methyl/N-ethyl adjacent to an activating group) is 1. The predicted octanol–water partition coefficient (Wildman–Crippen LogP) is 3.31. The van der Waals surface area contributed by atoms with E-state index in [1.165, 1.54) is 35.4 Å². The Labute approximate surface area is 167 Å². The van der Waals surface area contributed by atoms with Crippen LogP contribution in [0.25, 0.3) is 0 Å². The van der Waals surface area contributed by atoms with E-state index in [4.69, 9.17) is 15.3 Å². The Morgan fingerprint density at radius 1 is 1.10 bits per heavy atom. The summed E-state index contributed by atoms with van der Waals surface area (Å²) in [6.45, 7) is -0.259. The minimum absolute atomic E-state index is 0.0704. The molecular weight excluding hydrogens is 375 g/mol. The van der Waals surface area contributed by atoms with E-state index in [9.17, 15) is 9.18 Å². The number of carbonyl (C=O) groups excluding carboxylic acids is 1. The second-order valence-electron chi connectivity index (χ2n) is 5.98. The van der Waals surface area contributed by atoms with Crippen LogP contribution in [0.1, 0.15) is 5.56 Å². The highest BCUT2D eigenvalue weighted by atomic mass is 19.1. The molecule has 2 aromatic carbocycles. The Morgan fingerprint density at radius 2 is 1.83 bits per heavy atom. The highest BCUT2D eigenvalue weighted by molar-refractivity contribution is 5.97. The highest BCUT2D eigenvalue weighted by Gasteiger charge is 2.11. The zero-order chi connectivity index (χ0) is 20.6. The molecule has 1 heterocycles. The van der Waals surface area contributed by atoms with E-state index in [2.05, 4.69) is 10.1 Å². The molecule has 3 rings (SSSR count). The molecule has 0 atom stereocenters. The van der Waals surface area contributed by atoms with Crippen LogP contribution in [0.2, 0.25) is 0 Å². The standard InChI is InChI=1S/C21H19FN4O3/c1-26(17-5-3-2-4-6-17)20(27)14-28-25-21(23)15-7-12-19(24-13-15)29-18-10-8-16(22)9-11-18/h2-13H,14H2,1H3,(H2,23,25). The van der Waals surface area contributed by atoms with Crippen molar-refractivity contribution in [2.75, 3.05) is 18.6 Å². The van der Waals surface area contributed by atoms with Gasteiger partial charge in [0.2, 0.25) is 5.88 Å². The van der Waals surface area contributed by atoms with Crippen molar-refractivity contribution in [3.05, 3.63) is 84.3 Å². The third-order valence-corrected chi connectivity index (χ3v) is 3.94. The minimum Gasteiger partial charge on any atom is -0.439 e. The summed E-state index contributed by atoms with van der Waals surface area (Å²) in [5.41, 5.74) is 7.11. The second kappa shape index (κ2) is 9.32. The van der Waals surface area contributed by atoms with Gasteiger partial charge in [-0.3, -0.25) is 4.79 Å². The smallest absolute Gasteiger partial charge is 0.267 e. The highest BCUT2D eigenvalue weighted by Crippen LogP contribution is 2.19. The average molecular weight is 394 g/mol. The molecule has 0 fully saturated rings. The van der Waals surface area contributed by atoms with Crippen molar-refractivity contribution in [2.24, 2.45) is 10.9 Å². The van der Waals surface area contributed by atoms with Crippen LogP contribution in [0.3, 0.4) is 0 Å². The van der Waals surface area contributed by atoms with Crippen molar-refractivity contribution in [1.29, 1.82) is 0 Å². The van der Waals surface area contributed by atoms with Gasteiger partial charge in [-0.1, -0.05) is 23.4 Å². The fourth-order valence-corrected chi connectivity index (χ4v) is 2.32. The molecule has 0 aliphatic rings. The molecule has 0 radical (unpaired) electrons. The maximum absolute atomic E-state index is 12.9. The number of nitrogens with two attached hydrogens (primary N) is 1. The third-order valence-electron chi connectivity index (χ3n) is 3.94. The number of para-hydroxylation sites is 1. The number of amidine groups is 1. The summed E-state index contributed by atoms with van der Waals surface area (Å²) in [6.07, 6.45) is 1.46. The zero-order valence-electron chi connectivity index (χ0n) is 15.7. The first-order chi connectivity index (χ1) is 14.0. The quantitative estimate of drug-likeness (QED) is 0.377. The number of rotatable bonds is 7. The van der Waals surface area contributed by atoms with E-state index < -0.39 is 0 Å². The van der Waals surface area contributed by atoms with Gasteiger partial charge in [0.15, 0.2) is 12.4 Å². The summed E-state index contributed by atoms with van der Waals surface area (Å²) in [6, 6.07) is 18.0. The summed E-state index contributed by atoms with van der Waals surface area (Å²) in [7, 11) is 1.65. The first-order valence-electron chi connectivity index (χ1n) is 8.70. The minimum atomic E-state index is -0.349. The van der Waals surface area contributed by atoms with Gasteiger partial charge < -0.3 is 20.2 Å². The Kier molecular flexibility index (Phi) is 6.36. The van der Waals surface area contributed by atoms with Crippen LogP contribution in [-0.2, 0) is 9.63 Å². The first kappa shape index (κ1) is 19.8. The third kappa shape index (κ3) is 5.52. The van der Waals surface area contributed by atoms with Crippen LogP contribution < -0.4 is 15.4 Å². The van der Waals surface area contributed by atoms with Crippen molar-refractivity contribution in [1.82, 2.24) is 4.98 Å². The number of amides is 1. The van der Waals surface area contributed by atoms with Crippen LogP contribution in [0.5, 0.6) is 11.6 Å². The number of benzene rings is 2. The van der Waals surface area contributed by atoms with Gasteiger partial charge in [0.25, 0.3) is 5.91 Å². The maximum Gasteiger partial charge on any atom is 0.267 e. The van der Waals surface area contributed by atoms with Gasteiger partial charge in [-0.2, -0.15) is 0 Å². The second-order valence-corrected chi connectivity index (χ2v) is 5.98. The molecular formula is C21H19FN4O3. The number of pyridine rings is 1. The average Bonchev–Trinajstić information content (AvgIpc) is 2.75. The van der Waals surface area contributed by atoms with Crippen molar-refractivity contribution in [2.45, 2.75) is 0 Å². The predicted molar refractivity (Wildman–Crippen MR) is 107 cm³/mol. The lowest BCUT2D eigenvalue weighted by Crippen LogP contribution is -2.29. The van der Waals surface area contributed by atoms with Crippen molar-refractivity contribution in [3.63, 3.8) is 0 Å². The van der Waals surface area contributed by atoms with Gasteiger partial charge in [0, 0.05) is 30.6 Å². The van der Waals surface area contributed by atoms with Gasteiger partial charge in [-0.25, -0.2) is 9.37 Å². The van der Waals surface area contributed by atoms with Crippen molar-refractivity contribution < 1.29 is 18.8 Å². The van der Waals surface area contributed by atoms with E-state index in [1.807, 2.05) is 30.3 Å². The van der Waals surface area contributed by atoms with E-state index in [1.54, 1.807) is 19.2 Å². The molecule has 148 valence electrons. The molecule has 0 saturated heterocycles. The number of hydrogen-bond donors (Lipinski definition) is 1. The van der Waals surface area contributed by atoms with Crippen LogP contribution in [0.4, 0.5) is 10.1 Å². The summed E-state index contributed by atoms with van der Waals surface area (Å²) in [5, 5.41) is 3.76. The molecule has 0 spiro atoms. The molecule has 2 N–H and O–H groups in total. The number of ether oxygens (including phenoxy) is 1. The molecule has 0 bridgehead atoms. The number of aromatic nitrogens is 1. The first-order valence-corrected chi connectivity index (χ1v) is 8.70. The monoisotopic (exact) mass is 394 g/mol. The summed E-state index contributed by atoms with van der Waals surface area (Å²) < 4.78 is 18.4. The summed E-state index contributed by atoms with van der Waals surface area (Å²) in [4.78, 5) is 22.8. The lowest BCUT2D eigenvalue weighted by molar-refractivity contribution is -0.122. The number of carbonyl (C=O) groups is 1. The van der Waals surface area contributed by atoms with Crippen LogP contribution in [0, 0.1) is 5.82 Å². The molecule has 0 unspecified atom stereocenters. The maximum atomic E-state index is 12.9. The lowest BCUT2D eigenvalue weighted by atomic mass is 10.3. The topological polar surface area (TPSA) is 90.0 Å². The van der Waals surface area contributed by atoms with Crippen LogP contribution in [0.15, 0.2) is 78.1 Å². The fraction of sp³-hybridized carbons (Fsp3) is 0.0952. The number of hydrogen-bond acceptors (Lipinski definition) is 5. The van der Waals surface area contributed by atoms with Crippen molar-refractivity contribution >= 4 is 17.4 Å². The molecule has 1 amide bonds. The fourth-order valence-electron chi connectivity index (χ4n) is 2.32. The molecule has 8 heteroatoms. The van der Waals surface area contributed by atoms with E-state index in [0.29, 0.717) is 17.2 Å². The summed E-state index contributed by atoms with van der Waals surface area (Å²) >= 11 is 0. The summed E-state index contributed by atoms with van der Waals surface area (Å²) in [5.74, 6) is 0.222. The van der Waals surface area contributed by atoms with Gasteiger partial charge in [0.05, 0.1) is 0 Å². The molecule has 0 aliphatic carbocycles. The van der Waals surface area contributed by atoms with Crippen LogP contribution >= 0.6 is 0 Å². The Hall–Kier alpha value is -3.94. The molecule has 3 aromatic rings. The molecule has 0 aliphatic heterocycles. The normalized spacial score (nSPS) is 11.0. The van der Waals surface area contributed by atoms with Gasteiger partial charge >= 0.3 is 0 Å². The lowest BCUT2D eigenvalue weighted by Gasteiger charge is -2.16. The molecule has 0 saturated carbocycles. The molecule has 29 heavy (non-hydrogen) atoms. The molecule has 1 aromatic heterocycles. The SMILES string of the molecule is CN(C(=O)CO/N=C(\N)c1ccc(Oc2ccc(F)cc2)nc1)c1ccccc1. The van der Waals surface area contributed by atoms with E-state index in [0.717, 1.165) is 5.69 Å². The number of anilines is 1. The Bertz CT molecular complexity index is 977. The van der Waals surface area contributed by atoms with E-state index >= 15 is 0 Å². The Morgan fingerprint density at radius 3 is 2.48 bits per heavy atom. The van der Waals surface area contributed by atoms with Gasteiger partial charge in [-0.05, 0) is 42.5 Å². The molecule has 7 nitrogen and oxygen atoms in total. The van der Waals surface area contributed by atoms with Gasteiger partial charge in [-0.15, -0.1) is 0 Å². The number of oxime groups is 1. The number of halogens is 1. The Balaban J connectivity index is 1.54. The number of nitrogens with zero attached hydrogens (tertiary/aromatic N) is 3. The van der Waals surface area contributed by atoms with E-state index in [-0.39, 0.29) is 24.2 Å². The van der Waals surface area contributed by atoms with Crippen LogP contribution in [-0.4, -0.2) is 30.4 Å². The largest absolute Gasteiger partial charge is 0.439 e. The zero-order valence-corrected chi connectivity index (χ0v) is 15.7. The van der Waals surface area contributed by atoms with Gasteiger partial charge in [0.1, 0.15) is 11.6 Å².